The molecule has 2 atom stereocenters. The van der Waals surface area contributed by atoms with Crippen LogP contribution in [0.1, 0.15) is 33.1 Å². The van der Waals surface area contributed by atoms with Crippen molar-refractivity contribution in [3.05, 3.63) is 0 Å². The van der Waals surface area contributed by atoms with Crippen molar-refractivity contribution in [2.24, 2.45) is 11.7 Å². The highest BCUT2D eigenvalue weighted by atomic mass is 16.2. The predicted molar refractivity (Wildman–Crippen MR) is 66.2 cm³/mol. The highest BCUT2D eigenvalue weighted by molar-refractivity contribution is 5.89. The van der Waals surface area contributed by atoms with E-state index in [-0.39, 0.29) is 11.9 Å². The van der Waals surface area contributed by atoms with E-state index in [2.05, 4.69) is 5.32 Å². The average molecular weight is 241 g/mol. The first-order valence-corrected chi connectivity index (χ1v) is 6.22. The van der Waals surface area contributed by atoms with Gasteiger partial charge in [-0.15, -0.1) is 0 Å². The number of amides is 2. The molecule has 0 radical (unpaired) electrons. The molecule has 17 heavy (non-hydrogen) atoms. The van der Waals surface area contributed by atoms with Gasteiger partial charge in [0.15, 0.2) is 0 Å². The molecule has 5 heteroatoms. The zero-order valence-corrected chi connectivity index (χ0v) is 10.9. The van der Waals surface area contributed by atoms with Crippen molar-refractivity contribution in [1.82, 2.24) is 10.2 Å². The molecule has 2 amide bonds. The summed E-state index contributed by atoms with van der Waals surface area (Å²) in [5.41, 5.74) is 5.37. The van der Waals surface area contributed by atoms with E-state index >= 15 is 0 Å². The molecule has 98 valence electrons. The molecular weight excluding hydrogens is 218 g/mol. The number of likely N-dealkylation sites (N-methyl/N-ethyl adjacent to an activating group) is 1. The number of nitrogens with one attached hydrogen (secondary N) is 1. The van der Waals surface area contributed by atoms with Gasteiger partial charge in [-0.05, 0) is 31.7 Å². The van der Waals surface area contributed by atoms with E-state index in [1.807, 2.05) is 13.8 Å². The van der Waals surface area contributed by atoms with Gasteiger partial charge < -0.3 is 16.0 Å². The van der Waals surface area contributed by atoms with E-state index in [9.17, 15) is 9.59 Å². The molecule has 0 aliphatic carbocycles. The monoisotopic (exact) mass is 241 g/mol. The minimum atomic E-state index is -0.495. The first-order chi connectivity index (χ1) is 7.93. The fourth-order valence-electron chi connectivity index (χ4n) is 2.21. The molecule has 3 N–H and O–H groups in total. The van der Waals surface area contributed by atoms with Crippen LogP contribution in [0.25, 0.3) is 0 Å². The van der Waals surface area contributed by atoms with Crippen molar-refractivity contribution in [1.29, 1.82) is 0 Å². The van der Waals surface area contributed by atoms with Crippen LogP contribution in [0.4, 0.5) is 0 Å². The molecule has 0 unspecified atom stereocenters. The van der Waals surface area contributed by atoms with E-state index in [1.165, 1.54) is 4.90 Å². The number of hydrogen-bond donors (Lipinski definition) is 2. The summed E-state index contributed by atoms with van der Waals surface area (Å²) in [6, 6.07) is -0.640. The van der Waals surface area contributed by atoms with Gasteiger partial charge in [-0.3, -0.25) is 9.59 Å². The van der Waals surface area contributed by atoms with Crippen LogP contribution >= 0.6 is 0 Å². The van der Waals surface area contributed by atoms with E-state index < -0.39 is 11.9 Å². The van der Waals surface area contributed by atoms with Crippen LogP contribution in [0.3, 0.4) is 0 Å². The molecular formula is C12H23N3O2. The van der Waals surface area contributed by atoms with E-state index in [1.54, 1.807) is 7.05 Å². The predicted octanol–water partition coefficient (Wildman–Crippen LogP) is 0.0968. The molecule has 1 rings (SSSR count). The van der Waals surface area contributed by atoms with Gasteiger partial charge in [-0.1, -0.05) is 13.8 Å². The molecule has 1 saturated heterocycles. The Bertz CT molecular complexity index is 285. The maximum Gasteiger partial charge on any atom is 0.240 e. The summed E-state index contributed by atoms with van der Waals surface area (Å²) in [5.74, 6) is -0.112. The maximum atomic E-state index is 12.1. The van der Waals surface area contributed by atoms with Crippen molar-refractivity contribution in [3.63, 3.8) is 0 Å². The Balaban J connectivity index is 2.65. The topological polar surface area (TPSA) is 75.4 Å². The van der Waals surface area contributed by atoms with Gasteiger partial charge in [0, 0.05) is 7.05 Å². The fraction of sp³-hybridized carbons (Fsp3) is 0.833. The first-order valence-electron chi connectivity index (χ1n) is 6.22. The third-order valence-corrected chi connectivity index (χ3v) is 3.20. The molecule has 0 bridgehead atoms. The maximum absolute atomic E-state index is 12.1. The molecule has 0 aromatic rings. The summed E-state index contributed by atoms with van der Waals surface area (Å²) in [7, 11) is 1.67. The van der Waals surface area contributed by atoms with Gasteiger partial charge in [0.2, 0.25) is 11.8 Å². The number of carbonyl (C=O) groups excluding carboxylic acids is 2. The van der Waals surface area contributed by atoms with Gasteiger partial charge in [-0.2, -0.15) is 0 Å². The van der Waals surface area contributed by atoms with Crippen molar-refractivity contribution in [2.75, 3.05) is 13.6 Å². The molecule has 0 saturated carbocycles. The second-order valence-corrected chi connectivity index (χ2v) is 5.15. The lowest BCUT2D eigenvalue weighted by atomic mass is 10.0. The second-order valence-electron chi connectivity index (χ2n) is 5.15. The van der Waals surface area contributed by atoms with Crippen LogP contribution in [0.5, 0.6) is 0 Å². The lowest BCUT2D eigenvalue weighted by Gasteiger charge is -2.29. The number of nitrogens with zero attached hydrogens (tertiary/aromatic N) is 1. The van der Waals surface area contributed by atoms with Crippen LogP contribution in [0.2, 0.25) is 0 Å². The molecule has 1 aliphatic rings. The quantitative estimate of drug-likeness (QED) is 0.716. The van der Waals surface area contributed by atoms with Crippen LogP contribution in [0.15, 0.2) is 0 Å². The summed E-state index contributed by atoms with van der Waals surface area (Å²) >= 11 is 0. The van der Waals surface area contributed by atoms with Gasteiger partial charge >= 0.3 is 0 Å². The normalized spacial score (nSPS) is 21.5. The Morgan fingerprint density at radius 3 is 2.53 bits per heavy atom. The molecule has 0 spiro atoms. The van der Waals surface area contributed by atoms with Crippen molar-refractivity contribution >= 4 is 11.8 Å². The molecule has 1 fully saturated rings. The Hall–Kier alpha value is -1.10. The third-order valence-electron chi connectivity index (χ3n) is 3.20. The van der Waals surface area contributed by atoms with Crippen LogP contribution in [-0.2, 0) is 9.59 Å². The Kier molecular flexibility index (Phi) is 4.93. The summed E-state index contributed by atoms with van der Waals surface area (Å²) in [5, 5.41) is 3.14. The van der Waals surface area contributed by atoms with Gasteiger partial charge in [-0.25, -0.2) is 0 Å². The molecule has 0 aromatic heterocycles. The summed E-state index contributed by atoms with van der Waals surface area (Å²) < 4.78 is 0. The number of carbonyl (C=O) groups is 2. The lowest BCUT2D eigenvalue weighted by molar-refractivity contribution is -0.139. The smallest absolute Gasteiger partial charge is 0.240 e. The van der Waals surface area contributed by atoms with Crippen LogP contribution in [0, 0.1) is 5.92 Å². The third kappa shape index (κ3) is 3.70. The van der Waals surface area contributed by atoms with Crippen LogP contribution in [-0.4, -0.2) is 42.4 Å². The fourth-order valence-corrected chi connectivity index (χ4v) is 2.21. The Labute approximate surface area is 103 Å². The zero-order valence-electron chi connectivity index (χ0n) is 10.9. The largest absolute Gasteiger partial charge is 0.368 e. The lowest BCUT2D eigenvalue weighted by Crippen LogP contribution is -2.51. The Morgan fingerprint density at radius 1 is 1.47 bits per heavy atom. The van der Waals surface area contributed by atoms with E-state index in [0.717, 1.165) is 19.4 Å². The van der Waals surface area contributed by atoms with Crippen molar-refractivity contribution in [3.8, 4) is 0 Å². The first kappa shape index (κ1) is 14.0. The Morgan fingerprint density at radius 2 is 2.12 bits per heavy atom. The number of rotatable bonds is 5. The summed E-state index contributed by atoms with van der Waals surface area (Å²) in [4.78, 5) is 25.0. The zero-order chi connectivity index (χ0) is 13.0. The number of hydrogen-bond acceptors (Lipinski definition) is 3. The van der Waals surface area contributed by atoms with Gasteiger partial charge in [0.25, 0.3) is 0 Å². The standard InChI is InChI=1S/C12H23N3O2/c1-8(2)7-10(11(13)16)15(3)12(17)9-5-4-6-14-9/h8-10,14H,4-7H2,1-3H3,(H2,13,16)/t9-,10+/m0/s1. The summed E-state index contributed by atoms with van der Waals surface area (Å²) in [6.45, 7) is 4.90. The number of primary amides is 1. The average Bonchev–Trinajstić information content (AvgIpc) is 2.76. The molecule has 0 aromatic carbocycles. The molecule has 1 heterocycles. The molecule has 1 aliphatic heterocycles. The highest BCUT2D eigenvalue weighted by Crippen LogP contribution is 2.14. The van der Waals surface area contributed by atoms with Crippen molar-refractivity contribution in [2.45, 2.75) is 45.2 Å². The number of nitrogens with two attached hydrogens (primary N) is 1. The minimum Gasteiger partial charge on any atom is -0.368 e. The van der Waals surface area contributed by atoms with E-state index in [4.69, 9.17) is 5.73 Å². The van der Waals surface area contributed by atoms with Crippen LogP contribution < -0.4 is 11.1 Å². The van der Waals surface area contributed by atoms with Gasteiger partial charge in [0.05, 0.1) is 6.04 Å². The summed E-state index contributed by atoms with van der Waals surface area (Å²) in [6.07, 6.45) is 2.47. The minimum absolute atomic E-state index is 0.0213. The van der Waals surface area contributed by atoms with Gasteiger partial charge in [0.1, 0.15) is 6.04 Å². The highest BCUT2D eigenvalue weighted by Gasteiger charge is 2.31. The second kappa shape index (κ2) is 6.00. The van der Waals surface area contributed by atoms with E-state index in [0.29, 0.717) is 12.3 Å². The van der Waals surface area contributed by atoms with Crippen molar-refractivity contribution < 1.29 is 9.59 Å². The SMILES string of the molecule is CC(C)C[C@H](C(N)=O)N(C)C(=O)[C@@H]1CCCN1. The molecule has 5 nitrogen and oxygen atoms in total.